The van der Waals surface area contributed by atoms with Crippen molar-refractivity contribution in [1.29, 1.82) is 0 Å². The molecule has 1 aliphatic heterocycles. The first-order valence-corrected chi connectivity index (χ1v) is 11.3. The predicted molar refractivity (Wildman–Crippen MR) is 116 cm³/mol. The molecular weight excluding hydrogens is 424 g/mol. The fraction of sp³-hybridized carbons (Fsp3) is 0.474. The number of carbonyl (C=O) groups excluding carboxylic acids is 2. The van der Waals surface area contributed by atoms with Gasteiger partial charge in [0.2, 0.25) is 11.6 Å². The average Bonchev–Trinajstić information content (AvgIpc) is 3.32. The smallest absolute Gasteiger partial charge is 0.362 e. The zero-order chi connectivity index (χ0) is 21.3. The average molecular weight is 447 g/mol. The summed E-state index contributed by atoms with van der Waals surface area (Å²) in [5.74, 6) is 0.0882. The molecule has 0 saturated carbocycles. The van der Waals surface area contributed by atoms with E-state index in [-0.39, 0.29) is 24.1 Å². The molecule has 0 unspecified atom stereocenters. The molecule has 1 aliphatic rings. The summed E-state index contributed by atoms with van der Waals surface area (Å²) in [5, 5.41) is 8.03. The standard InChI is InChI=1S/C19H22N6O3S2/c1-4-28-19(27)14-18(30-24-23-14)22-16(26)12-5-7-25(8-6-12)15-13-10(2)11(3)29-17(13)21-9-20-15/h9,12H,4-8H2,1-3H3,(H,22,26). The van der Waals surface area contributed by atoms with Crippen molar-refractivity contribution in [2.24, 2.45) is 5.92 Å². The number of esters is 1. The molecule has 1 N–H and O–H groups in total. The number of piperidine rings is 1. The van der Waals surface area contributed by atoms with E-state index in [2.05, 4.69) is 43.6 Å². The number of ether oxygens (including phenoxy) is 1. The van der Waals surface area contributed by atoms with Gasteiger partial charge in [0.1, 0.15) is 17.0 Å². The monoisotopic (exact) mass is 446 g/mol. The van der Waals surface area contributed by atoms with E-state index in [1.54, 1.807) is 24.6 Å². The number of carbonyl (C=O) groups is 2. The maximum Gasteiger partial charge on any atom is 0.362 e. The number of aromatic nitrogens is 4. The van der Waals surface area contributed by atoms with E-state index in [1.807, 2.05) is 0 Å². The highest BCUT2D eigenvalue weighted by molar-refractivity contribution is 7.18. The van der Waals surface area contributed by atoms with Gasteiger partial charge in [0, 0.05) is 35.4 Å². The Bertz CT molecular complexity index is 1090. The highest BCUT2D eigenvalue weighted by Gasteiger charge is 2.29. The first-order valence-electron chi connectivity index (χ1n) is 9.75. The molecule has 0 aromatic carbocycles. The van der Waals surface area contributed by atoms with Gasteiger partial charge in [-0.25, -0.2) is 14.8 Å². The molecule has 1 saturated heterocycles. The molecule has 4 rings (SSSR count). The number of nitrogens with zero attached hydrogens (tertiary/aromatic N) is 5. The molecule has 30 heavy (non-hydrogen) atoms. The second kappa shape index (κ2) is 8.60. The van der Waals surface area contributed by atoms with Crippen molar-refractivity contribution >= 4 is 55.8 Å². The number of nitrogens with one attached hydrogen (secondary N) is 1. The molecule has 1 amide bonds. The Kier molecular flexibility index (Phi) is 5.91. The van der Waals surface area contributed by atoms with Crippen LogP contribution in [0.3, 0.4) is 0 Å². The Labute approximate surface area is 181 Å². The lowest BCUT2D eigenvalue weighted by molar-refractivity contribution is -0.120. The Hall–Kier alpha value is -2.66. The number of anilines is 2. The van der Waals surface area contributed by atoms with E-state index in [0.29, 0.717) is 17.8 Å². The van der Waals surface area contributed by atoms with Crippen molar-refractivity contribution in [3.63, 3.8) is 0 Å². The number of hydrogen-bond donors (Lipinski definition) is 1. The van der Waals surface area contributed by atoms with Gasteiger partial charge in [0.15, 0.2) is 5.00 Å². The third kappa shape index (κ3) is 3.86. The summed E-state index contributed by atoms with van der Waals surface area (Å²) >= 11 is 2.66. The van der Waals surface area contributed by atoms with Crippen molar-refractivity contribution in [3.8, 4) is 0 Å². The number of fused-ring (bicyclic) bond motifs is 1. The number of rotatable bonds is 5. The van der Waals surface area contributed by atoms with Crippen LogP contribution in [0.1, 0.15) is 40.7 Å². The lowest BCUT2D eigenvalue weighted by Gasteiger charge is -2.32. The predicted octanol–water partition coefficient (Wildman–Crippen LogP) is 3.19. The number of hydrogen-bond acceptors (Lipinski definition) is 10. The summed E-state index contributed by atoms with van der Waals surface area (Å²) in [6.45, 7) is 7.61. The van der Waals surface area contributed by atoms with Crippen molar-refractivity contribution in [2.45, 2.75) is 33.6 Å². The van der Waals surface area contributed by atoms with Crippen LogP contribution < -0.4 is 10.2 Å². The molecule has 0 aliphatic carbocycles. The minimum absolute atomic E-state index is 0.0549. The molecule has 0 bridgehead atoms. The quantitative estimate of drug-likeness (QED) is 0.595. The third-order valence-corrected chi connectivity index (χ3v) is 7.06. The molecular formula is C19H22N6O3S2. The van der Waals surface area contributed by atoms with E-state index >= 15 is 0 Å². The summed E-state index contributed by atoms with van der Waals surface area (Å²) in [5.41, 5.74) is 1.27. The van der Waals surface area contributed by atoms with Gasteiger partial charge in [0.25, 0.3) is 0 Å². The fourth-order valence-corrected chi connectivity index (χ4v) is 5.13. The normalized spacial score (nSPS) is 14.8. The van der Waals surface area contributed by atoms with Gasteiger partial charge in [-0.15, -0.1) is 16.4 Å². The second-order valence-corrected chi connectivity index (χ2v) is 9.04. The summed E-state index contributed by atoms with van der Waals surface area (Å²) in [6, 6.07) is 0. The van der Waals surface area contributed by atoms with Gasteiger partial charge in [-0.3, -0.25) is 4.79 Å². The lowest BCUT2D eigenvalue weighted by Crippen LogP contribution is -2.38. The second-order valence-electron chi connectivity index (χ2n) is 7.08. The fourth-order valence-electron chi connectivity index (χ4n) is 3.58. The molecule has 1 fully saturated rings. The first-order chi connectivity index (χ1) is 14.5. The molecule has 11 heteroatoms. The summed E-state index contributed by atoms with van der Waals surface area (Å²) < 4.78 is 8.73. The van der Waals surface area contributed by atoms with E-state index in [1.165, 1.54) is 10.4 Å². The van der Waals surface area contributed by atoms with Crippen molar-refractivity contribution in [3.05, 3.63) is 22.5 Å². The molecule has 3 aromatic heterocycles. The molecule has 4 heterocycles. The Morgan fingerprint density at radius 3 is 2.77 bits per heavy atom. The van der Waals surface area contributed by atoms with E-state index in [9.17, 15) is 9.59 Å². The minimum Gasteiger partial charge on any atom is -0.461 e. The van der Waals surface area contributed by atoms with Crippen LogP contribution in [-0.4, -0.2) is 51.1 Å². The molecule has 3 aromatic rings. The van der Waals surface area contributed by atoms with Crippen LogP contribution in [0.15, 0.2) is 6.33 Å². The minimum atomic E-state index is -0.578. The third-order valence-electron chi connectivity index (χ3n) is 5.30. The van der Waals surface area contributed by atoms with Crippen molar-refractivity contribution in [2.75, 3.05) is 29.9 Å². The van der Waals surface area contributed by atoms with Gasteiger partial charge in [-0.1, -0.05) is 4.49 Å². The molecule has 0 spiro atoms. The number of thiophene rings is 1. The van der Waals surface area contributed by atoms with Crippen LogP contribution >= 0.6 is 22.9 Å². The van der Waals surface area contributed by atoms with Crippen LogP contribution in [0.2, 0.25) is 0 Å². The summed E-state index contributed by atoms with van der Waals surface area (Å²) in [7, 11) is 0. The number of aryl methyl sites for hydroxylation is 2. The Morgan fingerprint density at radius 2 is 2.03 bits per heavy atom. The maximum atomic E-state index is 12.8. The van der Waals surface area contributed by atoms with Gasteiger partial charge in [-0.2, -0.15) is 0 Å². The zero-order valence-corrected chi connectivity index (χ0v) is 18.6. The van der Waals surface area contributed by atoms with Gasteiger partial charge in [-0.05, 0) is 39.2 Å². The number of amides is 1. The van der Waals surface area contributed by atoms with E-state index in [0.717, 1.165) is 40.7 Å². The zero-order valence-electron chi connectivity index (χ0n) is 17.0. The SMILES string of the molecule is CCOC(=O)c1nnsc1NC(=O)C1CCN(c2ncnc3sc(C)c(C)c23)CC1. The molecule has 0 atom stereocenters. The van der Waals surface area contributed by atoms with E-state index in [4.69, 9.17) is 4.74 Å². The van der Waals surface area contributed by atoms with Crippen LogP contribution in [0.25, 0.3) is 10.2 Å². The van der Waals surface area contributed by atoms with Crippen LogP contribution in [0.5, 0.6) is 0 Å². The maximum absolute atomic E-state index is 12.8. The molecule has 0 radical (unpaired) electrons. The van der Waals surface area contributed by atoms with Gasteiger partial charge < -0.3 is 15.0 Å². The Balaban J connectivity index is 1.43. The van der Waals surface area contributed by atoms with E-state index < -0.39 is 5.97 Å². The highest BCUT2D eigenvalue weighted by atomic mass is 32.1. The van der Waals surface area contributed by atoms with Gasteiger partial charge in [0.05, 0.1) is 12.0 Å². The first kappa shape index (κ1) is 20.6. The summed E-state index contributed by atoms with van der Waals surface area (Å²) in [6.07, 6.45) is 3.00. The lowest BCUT2D eigenvalue weighted by atomic mass is 9.95. The highest BCUT2D eigenvalue weighted by Crippen LogP contribution is 2.35. The van der Waals surface area contributed by atoms with Crippen LogP contribution in [0, 0.1) is 19.8 Å². The Morgan fingerprint density at radius 1 is 1.27 bits per heavy atom. The molecule has 9 nitrogen and oxygen atoms in total. The van der Waals surface area contributed by atoms with Crippen LogP contribution in [-0.2, 0) is 9.53 Å². The van der Waals surface area contributed by atoms with Crippen molar-refractivity contribution < 1.29 is 14.3 Å². The summed E-state index contributed by atoms with van der Waals surface area (Å²) in [4.78, 5) is 38.1. The molecule has 158 valence electrons. The van der Waals surface area contributed by atoms with Crippen LogP contribution in [0.4, 0.5) is 10.8 Å². The van der Waals surface area contributed by atoms with Crippen molar-refractivity contribution in [1.82, 2.24) is 19.6 Å². The topological polar surface area (TPSA) is 110 Å². The van der Waals surface area contributed by atoms with Gasteiger partial charge >= 0.3 is 5.97 Å². The largest absolute Gasteiger partial charge is 0.461 e.